The van der Waals surface area contributed by atoms with Crippen LogP contribution in [0, 0.1) is 5.82 Å². The standard InChI is InChI=1S/C17H24FN3O2/c1-12-6-3-4-9-21(12)16(22)13(2)20-17(23)19-11-14-7-5-8-15(18)10-14/h5,7-8,10,12-13H,3-4,6,9,11H2,1-2H3,(H2,19,20,23). The second kappa shape index (κ2) is 7.94. The van der Waals surface area contributed by atoms with Crippen LogP contribution in [0.3, 0.4) is 0 Å². The van der Waals surface area contributed by atoms with Crippen molar-refractivity contribution in [2.24, 2.45) is 0 Å². The zero-order valence-corrected chi connectivity index (χ0v) is 13.6. The van der Waals surface area contributed by atoms with Gasteiger partial charge in [0.05, 0.1) is 0 Å². The fourth-order valence-corrected chi connectivity index (χ4v) is 2.81. The van der Waals surface area contributed by atoms with Crippen molar-refractivity contribution in [3.8, 4) is 0 Å². The van der Waals surface area contributed by atoms with Crippen molar-refractivity contribution in [1.82, 2.24) is 15.5 Å². The summed E-state index contributed by atoms with van der Waals surface area (Å²) in [5.41, 5.74) is 0.670. The molecule has 1 aliphatic rings. The molecular weight excluding hydrogens is 297 g/mol. The van der Waals surface area contributed by atoms with Gasteiger partial charge in [0.15, 0.2) is 0 Å². The third kappa shape index (κ3) is 4.94. The number of benzene rings is 1. The predicted molar refractivity (Wildman–Crippen MR) is 86.3 cm³/mol. The van der Waals surface area contributed by atoms with Crippen LogP contribution in [0.5, 0.6) is 0 Å². The minimum Gasteiger partial charge on any atom is -0.338 e. The third-order valence-corrected chi connectivity index (χ3v) is 4.15. The molecule has 1 heterocycles. The Morgan fingerprint density at radius 1 is 1.39 bits per heavy atom. The molecule has 23 heavy (non-hydrogen) atoms. The van der Waals surface area contributed by atoms with Crippen molar-refractivity contribution in [2.45, 2.75) is 51.7 Å². The van der Waals surface area contributed by atoms with Crippen LogP contribution in [0.25, 0.3) is 0 Å². The second-order valence-corrected chi connectivity index (χ2v) is 6.06. The van der Waals surface area contributed by atoms with Gasteiger partial charge in [-0.2, -0.15) is 0 Å². The van der Waals surface area contributed by atoms with Gasteiger partial charge in [-0.15, -0.1) is 0 Å². The SMILES string of the molecule is CC(NC(=O)NCc1cccc(F)c1)C(=O)N1CCCCC1C. The molecule has 0 aliphatic carbocycles. The Balaban J connectivity index is 1.80. The van der Waals surface area contributed by atoms with E-state index in [9.17, 15) is 14.0 Å². The number of nitrogens with one attached hydrogen (secondary N) is 2. The number of carbonyl (C=O) groups is 2. The lowest BCUT2D eigenvalue weighted by Gasteiger charge is -2.35. The molecule has 1 aromatic carbocycles. The second-order valence-electron chi connectivity index (χ2n) is 6.06. The van der Waals surface area contributed by atoms with Gasteiger partial charge in [0, 0.05) is 19.1 Å². The van der Waals surface area contributed by atoms with Crippen LogP contribution in [0.1, 0.15) is 38.7 Å². The highest BCUT2D eigenvalue weighted by atomic mass is 19.1. The van der Waals surface area contributed by atoms with E-state index in [2.05, 4.69) is 10.6 Å². The maximum Gasteiger partial charge on any atom is 0.315 e. The van der Waals surface area contributed by atoms with Gasteiger partial charge in [0.2, 0.25) is 5.91 Å². The maximum absolute atomic E-state index is 13.1. The van der Waals surface area contributed by atoms with Crippen molar-refractivity contribution in [3.63, 3.8) is 0 Å². The van der Waals surface area contributed by atoms with Gasteiger partial charge < -0.3 is 15.5 Å². The number of amides is 3. The molecule has 3 amide bonds. The fourth-order valence-electron chi connectivity index (χ4n) is 2.81. The first-order valence-corrected chi connectivity index (χ1v) is 8.06. The van der Waals surface area contributed by atoms with Crippen LogP contribution in [-0.4, -0.2) is 35.5 Å². The number of hydrogen-bond acceptors (Lipinski definition) is 2. The molecule has 0 aromatic heterocycles. The average molecular weight is 321 g/mol. The molecule has 1 saturated heterocycles. The third-order valence-electron chi connectivity index (χ3n) is 4.15. The van der Waals surface area contributed by atoms with Gasteiger partial charge in [-0.1, -0.05) is 12.1 Å². The Hall–Kier alpha value is -2.11. The molecule has 2 atom stereocenters. The smallest absolute Gasteiger partial charge is 0.315 e. The summed E-state index contributed by atoms with van der Waals surface area (Å²) in [6, 6.07) is 5.24. The number of urea groups is 1. The summed E-state index contributed by atoms with van der Waals surface area (Å²) >= 11 is 0. The maximum atomic E-state index is 13.1. The van der Waals surface area contributed by atoms with E-state index in [1.807, 2.05) is 11.8 Å². The van der Waals surface area contributed by atoms with Gasteiger partial charge >= 0.3 is 6.03 Å². The number of piperidine rings is 1. The van der Waals surface area contributed by atoms with E-state index in [0.717, 1.165) is 25.8 Å². The van der Waals surface area contributed by atoms with Gasteiger partial charge in [-0.25, -0.2) is 9.18 Å². The number of likely N-dealkylation sites (tertiary alicyclic amines) is 1. The zero-order valence-electron chi connectivity index (χ0n) is 13.6. The highest BCUT2D eigenvalue weighted by molar-refractivity contribution is 5.86. The molecule has 0 saturated carbocycles. The fraction of sp³-hybridized carbons (Fsp3) is 0.529. The molecule has 1 aromatic rings. The Morgan fingerprint density at radius 2 is 2.17 bits per heavy atom. The summed E-state index contributed by atoms with van der Waals surface area (Å²) in [4.78, 5) is 26.1. The topological polar surface area (TPSA) is 61.4 Å². The van der Waals surface area contributed by atoms with Crippen molar-refractivity contribution in [3.05, 3.63) is 35.6 Å². The van der Waals surface area contributed by atoms with E-state index in [4.69, 9.17) is 0 Å². The lowest BCUT2D eigenvalue weighted by Crippen LogP contribution is -2.53. The molecule has 2 N–H and O–H groups in total. The zero-order chi connectivity index (χ0) is 16.8. The number of carbonyl (C=O) groups excluding carboxylic acids is 2. The van der Waals surface area contributed by atoms with Crippen LogP contribution >= 0.6 is 0 Å². The van der Waals surface area contributed by atoms with Crippen LogP contribution in [0.2, 0.25) is 0 Å². The molecule has 6 heteroatoms. The van der Waals surface area contributed by atoms with Gasteiger partial charge in [0.25, 0.3) is 0 Å². The first-order valence-electron chi connectivity index (χ1n) is 8.06. The predicted octanol–water partition coefficient (Wildman–Crippen LogP) is 2.41. The molecule has 0 spiro atoms. The van der Waals surface area contributed by atoms with E-state index in [1.165, 1.54) is 12.1 Å². The summed E-state index contributed by atoms with van der Waals surface area (Å²) in [7, 11) is 0. The first kappa shape index (κ1) is 17.2. The van der Waals surface area contributed by atoms with Crippen LogP contribution in [0.4, 0.5) is 9.18 Å². The summed E-state index contributed by atoms with van der Waals surface area (Å²) in [6.45, 7) is 4.68. The molecule has 1 aliphatic heterocycles. The largest absolute Gasteiger partial charge is 0.338 e. The highest BCUT2D eigenvalue weighted by Gasteiger charge is 2.27. The minimum atomic E-state index is -0.581. The van der Waals surface area contributed by atoms with E-state index < -0.39 is 12.1 Å². The van der Waals surface area contributed by atoms with E-state index in [-0.39, 0.29) is 24.3 Å². The number of nitrogens with zero attached hydrogens (tertiary/aromatic N) is 1. The highest BCUT2D eigenvalue weighted by Crippen LogP contribution is 2.17. The monoisotopic (exact) mass is 321 g/mol. The Labute approximate surface area is 136 Å². The Kier molecular flexibility index (Phi) is 5.96. The molecule has 0 radical (unpaired) electrons. The lowest BCUT2D eigenvalue weighted by molar-refractivity contribution is -0.136. The van der Waals surface area contributed by atoms with E-state index >= 15 is 0 Å². The Morgan fingerprint density at radius 3 is 2.87 bits per heavy atom. The average Bonchev–Trinajstić information content (AvgIpc) is 2.53. The number of rotatable bonds is 4. The number of hydrogen-bond donors (Lipinski definition) is 2. The first-order chi connectivity index (χ1) is 11.0. The Bertz CT molecular complexity index is 565. The van der Waals surface area contributed by atoms with Crippen molar-refractivity contribution >= 4 is 11.9 Å². The normalized spacial score (nSPS) is 19.1. The minimum absolute atomic E-state index is 0.0573. The molecule has 2 rings (SSSR count). The summed E-state index contributed by atoms with van der Waals surface area (Å²) in [5.74, 6) is -0.398. The van der Waals surface area contributed by atoms with Gasteiger partial charge in [-0.3, -0.25) is 4.79 Å². The van der Waals surface area contributed by atoms with Crippen LogP contribution in [0.15, 0.2) is 24.3 Å². The molecule has 1 fully saturated rings. The summed E-state index contributed by atoms with van der Waals surface area (Å²) in [5, 5.41) is 5.29. The quantitative estimate of drug-likeness (QED) is 0.894. The van der Waals surface area contributed by atoms with Crippen LogP contribution in [-0.2, 0) is 11.3 Å². The lowest BCUT2D eigenvalue weighted by atomic mass is 10.0. The molecule has 126 valence electrons. The van der Waals surface area contributed by atoms with Crippen molar-refractivity contribution < 1.29 is 14.0 Å². The van der Waals surface area contributed by atoms with Crippen molar-refractivity contribution in [2.75, 3.05) is 6.54 Å². The molecule has 2 unspecified atom stereocenters. The number of halogens is 1. The van der Waals surface area contributed by atoms with E-state index in [1.54, 1.807) is 19.1 Å². The molecule has 5 nitrogen and oxygen atoms in total. The van der Waals surface area contributed by atoms with Crippen LogP contribution < -0.4 is 10.6 Å². The molecule has 0 bridgehead atoms. The summed E-state index contributed by atoms with van der Waals surface area (Å²) < 4.78 is 13.1. The van der Waals surface area contributed by atoms with Gasteiger partial charge in [-0.05, 0) is 50.8 Å². The molecular formula is C17H24FN3O2. The van der Waals surface area contributed by atoms with Crippen molar-refractivity contribution in [1.29, 1.82) is 0 Å². The summed E-state index contributed by atoms with van der Waals surface area (Å²) in [6.07, 6.45) is 3.15. The van der Waals surface area contributed by atoms with E-state index in [0.29, 0.717) is 5.56 Å². The van der Waals surface area contributed by atoms with Gasteiger partial charge in [0.1, 0.15) is 11.9 Å².